The zero-order valence-corrected chi connectivity index (χ0v) is 11.2. The molecule has 2 aliphatic rings. The van der Waals surface area contributed by atoms with E-state index in [1.165, 1.54) is 45.3 Å². The second-order valence-corrected chi connectivity index (χ2v) is 6.23. The molecular formula is C14H28N2. The van der Waals surface area contributed by atoms with E-state index in [0.29, 0.717) is 0 Å². The van der Waals surface area contributed by atoms with Gasteiger partial charge in [-0.1, -0.05) is 6.92 Å². The summed E-state index contributed by atoms with van der Waals surface area (Å²) in [6, 6.07) is 1.55. The van der Waals surface area contributed by atoms with Crippen molar-refractivity contribution < 1.29 is 0 Å². The molecule has 4 unspecified atom stereocenters. The van der Waals surface area contributed by atoms with Crippen LogP contribution in [0.5, 0.6) is 0 Å². The summed E-state index contributed by atoms with van der Waals surface area (Å²) in [4.78, 5) is 2.75. The Balaban J connectivity index is 1.82. The number of hydrogen-bond donors (Lipinski definition) is 1. The summed E-state index contributed by atoms with van der Waals surface area (Å²) in [6.07, 6.45) is 5.58. The zero-order chi connectivity index (χ0) is 11.5. The maximum atomic E-state index is 3.55. The molecular weight excluding hydrogens is 196 g/mol. The predicted octanol–water partition coefficient (Wildman–Crippen LogP) is 2.49. The minimum absolute atomic E-state index is 0.733. The van der Waals surface area contributed by atoms with Crippen LogP contribution in [0.25, 0.3) is 0 Å². The van der Waals surface area contributed by atoms with Crippen molar-refractivity contribution in [3.05, 3.63) is 0 Å². The normalized spacial score (nSPS) is 42.2. The third kappa shape index (κ3) is 3.21. The van der Waals surface area contributed by atoms with Gasteiger partial charge in [-0.05, 0) is 57.9 Å². The average Bonchev–Trinajstić information content (AvgIpc) is 2.24. The molecule has 0 spiro atoms. The molecule has 94 valence electrons. The van der Waals surface area contributed by atoms with Gasteiger partial charge in [-0.2, -0.15) is 0 Å². The molecule has 2 saturated heterocycles. The Morgan fingerprint density at radius 2 is 1.94 bits per heavy atom. The maximum absolute atomic E-state index is 3.55. The molecule has 0 aliphatic carbocycles. The lowest BCUT2D eigenvalue weighted by Gasteiger charge is -2.40. The third-order valence-corrected chi connectivity index (χ3v) is 4.47. The van der Waals surface area contributed by atoms with Gasteiger partial charge in [-0.3, -0.25) is 0 Å². The van der Waals surface area contributed by atoms with Gasteiger partial charge in [0, 0.05) is 25.2 Å². The Kier molecular flexibility index (Phi) is 4.26. The molecule has 0 aromatic carbocycles. The first-order valence-electron chi connectivity index (χ1n) is 7.12. The lowest BCUT2D eigenvalue weighted by atomic mass is 9.89. The molecule has 0 aromatic heterocycles. The first-order valence-corrected chi connectivity index (χ1v) is 7.12. The van der Waals surface area contributed by atoms with Gasteiger partial charge in [0.25, 0.3) is 0 Å². The van der Waals surface area contributed by atoms with Crippen molar-refractivity contribution >= 4 is 0 Å². The Labute approximate surface area is 101 Å². The molecule has 2 fully saturated rings. The van der Waals surface area contributed by atoms with E-state index < -0.39 is 0 Å². The van der Waals surface area contributed by atoms with Crippen LogP contribution < -0.4 is 5.32 Å². The van der Waals surface area contributed by atoms with Crippen molar-refractivity contribution in [2.75, 3.05) is 19.6 Å². The second-order valence-electron chi connectivity index (χ2n) is 6.23. The summed E-state index contributed by atoms with van der Waals surface area (Å²) >= 11 is 0. The molecule has 4 atom stereocenters. The second kappa shape index (κ2) is 5.50. The van der Waals surface area contributed by atoms with E-state index in [9.17, 15) is 0 Å². The fourth-order valence-electron chi connectivity index (χ4n) is 3.37. The number of hydrogen-bond acceptors (Lipinski definition) is 2. The molecule has 0 aromatic rings. The van der Waals surface area contributed by atoms with Crippen molar-refractivity contribution in [3.8, 4) is 0 Å². The summed E-state index contributed by atoms with van der Waals surface area (Å²) in [6.45, 7) is 11.1. The Morgan fingerprint density at radius 3 is 2.69 bits per heavy atom. The predicted molar refractivity (Wildman–Crippen MR) is 69.6 cm³/mol. The van der Waals surface area contributed by atoms with Crippen LogP contribution in [-0.4, -0.2) is 36.6 Å². The Bertz CT molecular complexity index is 217. The Hall–Kier alpha value is -0.0800. The van der Waals surface area contributed by atoms with Gasteiger partial charge < -0.3 is 10.2 Å². The van der Waals surface area contributed by atoms with Crippen molar-refractivity contribution in [2.45, 2.75) is 58.5 Å². The minimum atomic E-state index is 0.733. The zero-order valence-electron chi connectivity index (χ0n) is 11.2. The van der Waals surface area contributed by atoms with Crippen LogP contribution in [-0.2, 0) is 0 Å². The largest absolute Gasteiger partial charge is 0.314 e. The van der Waals surface area contributed by atoms with Crippen LogP contribution in [0.1, 0.15) is 46.5 Å². The summed E-state index contributed by atoms with van der Waals surface area (Å²) in [5.74, 6) is 1.85. The first-order chi connectivity index (χ1) is 7.65. The highest BCUT2D eigenvalue weighted by Crippen LogP contribution is 2.25. The van der Waals surface area contributed by atoms with Crippen molar-refractivity contribution in [1.29, 1.82) is 0 Å². The van der Waals surface area contributed by atoms with Crippen molar-refractivity contribution in [1.82, 2.24) is 10.2 Å². The van der Waals surface area contributed by atoms with Crippen molar-refractivity contribution in [3.63, 3.8) is 0 Å². The summed E-state index contributed by atoms with van der Waals surface area (Å²) in [5, 5.41) is 3.55. The molecule has 0 radical (unpaired) electrons. The maximum Gasteiger partial charge on any atom is 0.00672 e. The minimum Gasteiger partial charge on any atom is -0.314 e. The Morgan fingerprint density at radius 1 is 1.12 bits per heavy atom. The number of likely N-dealkylation sites (tertiary alicyclic amines) is 1. The van der Waals surface area contributed by atoms with E-state index >= 15 is 0 Å². The fraction of sp³-hybridized carbons (Fsp3) is 1.00. The smallest absolute Gasteiger partial charge is 0.00672 e. The third-order valence-electron chi connectivity index (χ3n) is 4.47. The summed E-state index contributed by atoms with van der Waals surface area (Å²) in [7, 11) is 0. The molecule has 2 aliphatic heterocycles. The molecule has 16 heavy (non-hydrogen) atoms. The fourth-order valence-corrected chi connectivity index (χ4v) is 3.37. The first kappa shape index (κ1) is 12.4. The molecule has 0 bridgehead atoms. The molecule has 2 nitrogen and oxygen atoms in total. The molecule has 1 N–H and O–H groups in total. The summed E-state index contributed by atoms with van der Waals surface area (Å²) in [5.41, 5.74) is 0. The van der Waals surface area contributed by atoms with Crippen LogP contribution >= 0.6 is 0 Å². The van der Waals surface area contributed by atoms with E-state index in [2.05, 4.69) is 31.0 Å². The van der Waals surface area contributed by atoms with Crippen molar-refractivity contribution in [2.24, 2.45) is 11.8 Å². The monoisotopic (exact) mass is 224 g/mol. The molecule has 2 heterocycles. The number of nitrogens with zero attached hydrogens (tertiary/aromatic N) is 1. The average molecular weight is 224 g/mol. The van der Waals surface area contributed by atoms with Gasteiger partial charge in [0.2, 0.25) is 0 Å². The standard InChI is InChI=1S/C14H28N2/c1-11-4-5-13(3)16(9-11)10-14-6-7-15-12(2)8-14/h11-15H,4-10H2,1-3H3. The van der Waals surface area contributed by atoms with E-state index in [1.54, 1.807) is 0 Å². The van der Waals surface area contributed by atoms with Gasteiger partial charge in [0.15, 0.2) is 0 Å². The lowest BCUT2D eigenvalue weighted by Crippen LogP contribution is -2.46. The van der Waals surface area contributed by atoms with Gasteiger partial charge in [0.1, 0.15) is 0 Å². The van der Waals surface area contributed by atoms with Gasteiger partial charge in [-0.15, -0.1) is 0 Å². The van der Waals surface area contributed by atoms with Crippen LogP contribution in [0.3, 0.4) is 0 Å². The number of rotatable bonds is 2. The van der Waals surface area contributed by atoms with E-state index in [0.717, 1.165) is 23.9 Å². The van der Waals surface area contributed by atoms with Gasteiger partial charge in [0.05, 0.1) is 0 Å². The van der Waals surface area contributed by atoms with Gasteiger partial charge in [-0.25, -0.2) is 0 Å². The molecule has 0 amide bonds. The van der Waals surface area contributed by atoms with Crippen LogP contribution in [0.15, 0.2) is 0 Å². The molecule has 0 saturated carbocycles. The van der Waals surface area contributed by atoms with Crippen LogP contribution in [0.4, 0.5) is 0 Å². The summed E-state index contributed by atoms with van der Waals surface area (Å²) < 4.78 is 0. The highest BCUT2D eigenvalue weighted by atomic mass is 15.2. The van der Waals surface area contributed by atoms with Crippen LogP contribution in [0, 0.1) is 11.8 Å². The molecule has 2 rings (SSSR count). The van der Waals surface area contributed by atoms with E-state index in [-0.39, 0.29) is 0 Å². The van der Waals surface area contributed by atoms with E-state index in [1.807, 2.05) is 0 Å². The molecule has 2 heteroatoms. The number of nitrogens with one attached hydrogen (secondary N) is 1. The van der Waals surface area contributed by atoms with Gasteiger partial charge >= 0.3 is 0 Å². The quantitative estimate of drug-likeness (QED) is 0.775. The highest BCUT2D eigenvalue weighted by molar-refractivity contribution is 4.82. The highest BCUT2D eigenvalue weighted by Gasteiger charge is 2.27. The van der Waals surface area contributed by atoms with Crippen LogP contribution in [0.2, 0.25) is 0 Å². The number of piperidine rings is 2. The lowest BCUT2D eigenvalue weighted by molar-refractivity contribution is 0.0931. The topological polar surface area (TPSA) is 15.3 Å². The van der Waals surface area contributed by atoms with E-state index in [4.69, 9.17) is 0 Å². The SMILES string of the molecule is CC1CCC(C)N(CC2CCNC(C)C2)C1.